The number of nitrogens with one attached hydrogen (secondary N) is 2. The Morgan fingerprint density at radius 2 is 1.94 bits per heavy atom. The monoisotopic (exact) mass is 484 g/mol. The summed E-state index contributed by atoms with van der Waals surface area (Å²) in [5.74, 6) is 1.66. The van der Waals surface area contributed by atoms with Gasteiger partial charge in [-0.25, -0.2) is 14.8 Å². The number of ether oxygens (including phenoxy) is 1. The molecule has 1 aromatic carbocycles. The molecular weight excluding hydrogens is 446 g/mol. The van der Waals surface area contributed by atoms with Crippen molar-refractivity contribution in [2.45, 2.75) is 76.0 Å². The van der Waals surface area contributed by atoms with Gasteiger partial charge in [-0.05, 0) is 89.9 Å². The molecule has 1 saturated heterocycles. The van der Waals surface area contributed by atoms with E-state index < -0.39 is 0 Å². The van der Waals surface area contributed by atoms with Gasteiger partial charge in [0.1, 0.15) is 16.8 Å². The summed E-state index contributed by atoms with van der Waals surface area (Å²) in [6, 6.07) is 10.4. The quantitative estimate of drug-likeness (QED) is 0.447. The molecule has 8 heteroatoms. The Hall–Kier alpha value is -2.32. The van der Waals surface area contributed by atoms with Crippen molar-refractivity contribution in [2.75, 3.05) is 30.0 Å². The van der Waals surface area contributed by atoms with Crippen LogP contribution in [-0.2, 0) is 21.2 Å². The van der Waals surface area contributed by atoms with Gasteiger partial charge in [-0.3, -0.25) is 0 Å². The molecule has 1 aromatic heterocycles. The summed E-state index contributed by atoms with van der Waals surface area (Å²) in [5, 5.41) is 6.48. The number of hydrogen-bond donors (Lipinski definition) is 2. The van der Waals surface area contributed by atoms with E-state index >= 15 is 0 Å². The van der Waals surface area contributed by atoms with E-state index in [0.29, 0.717) is 30.3 Å². The van der Waals surface area contributed by atoms with Gasteiger partial charge in [0.25, 0.3) is 0 Å². The molecule has 34 heavy (non-hydrogen) atoms. The normalized spacial score (nSPS) is 19.1. The van der Waals surface area contributed by atoms with Crippen molar-refractivity contribution in [3.63, 3.8) is 0 Å². The van der Waals surface area contributed by atoms with E-state index in [0.717, 1.165) is 42.1 Å². The van der Waals surface area contributed by atoms with Gasteiger partial charge in [0.05, 0.1) is 19.3 Å². The third-order valence-corrected chi connectivity index (χ3v) is 7.81. The number of morpholine rings is 1. The average Bonchev–Trinajstić information content (AvgIpc) is 2.76. The van der Waals surface area contributed by atoms with Crippen LogP contribution in [0.1, 0.15) is 59.6 Å². The van der Waals surface area contributed by atoms with Crippen molar-refractivity contribution in [1.29, 1.82) is 0 Å². The van der Waals surface area contributed by atoms with Crippen LogP contribution >= 0.6 is 0 Å². The van der Waals surface area contributed by atoms with E-state index in [1.54, 1.807) is 0 Å². The van der Waals surface area contributed by atoms with Gasteiger partial charge in [-0.1, -0.05) is 0 Å². The van der Waals surface area contributed by atoms with Crippen LogP contribution in [0.4, 0.5) is 16.3 Å². The van der Waals surface area contributed by atoms with Gasteiger partial charge < -0.3 is 20.3 Å². The zero-order valence-electron chi connectivity index (χ0n) is 21.0. The van der Waals surface area contributed by atoms with E-state index in [4.69, 9.17) is 14.7 Å². The number of nitrogens with zero attached hydrogens (tertiary/aromatic N) is 3. The highest BCUT2D eigenvalue weighted by Crippen LogP contribution is 2.31. The number of aromatic nitrogens is 2. The number of thiol groups is 1. The average molecular weight is 485 g/mol. The number of carbonyl (C=O) groups is 1. The van der Waals surface area contributed by atoms with Gasteiger partial charge in [-0.15, -0.1) is 0 Å². The summed E-state index contributed by atoms with van der Waals surface area (Å²) in [6.07, 6.45) is 3.32. The van der Waals surface area contributed by atoms with Crippen molar-refractivity contribution < 1.29 is 9.53 Å². The number of amides is 2. The van der Waals surface area contributed by atoms with Crippen LogP contribution in [0.25, 0.3) is 11.4 Å². The smallest absolute Gasteiger partial charge is 0.319 e. The van der Waals surface area contributed by atoms with E-state index in [1.165, 1.54) is 18.2 Å². The second kappa shape index (κ2) is 10.5. The largest absolute Gasteiger partial charge is 0.377 e. The number of benzene rings is 1. The number of anilines is 2. The Morgan fingerprint density at radius 3 is 2.56 bits per heavy atom. The molecule has 1 aliphatic carbocycles. The second-order valence-electron chi connectivity index (χ2n) is 10.1. The summed E-state index contributed by atoms with van der Waals surface area (Å²) in [7, 11) is 0. The molecule has 2 amide bonds. The lowest BCUT2D eigenvalue weighted by Crippen LogP contribution is -2.44. The molecular formula is C26H38N5O2S+. The summed E-state index contributed by atoms with van der Waals surface area (Å²) in [4.78, 5) is 24.5. The lowest BCUT2D eigenvalue weighted by Gasteiger charge is -2.35. The fourth-order valence-corrected chi connectivity index (χ4v) is 5.95. The van der Waals surface area contributed by atoms with Gasteiger partial charge in [-0.2, -0.15) is 0 Å². The molecule has 4 rings (SSSR count). The van der Waals surface area contributed by atoms with E-state index in [2.05, 4.69) is 56.2 Å². The fourth-order valence-electron chi connectivity index (χ4n) is 4.41. The maximum Gasteiger partial charge on any atom is 0.319 e. The molecule has 1 aliphatic heterocycles. The first kappa shape index (κ1) is 24.8. The van der Waals surface area contributed by atoms with Crippen LogP contribution in [0, 0.1) is 0 Å². The minimum absolute atomic E-state index is 0.1000. The first-order valence-corrected chi connectivity index (χ1v) is 13.3. The van der Waals surface area contributed by atoms with Crippen molar-refractivity contribution in [2.24, 2.45) is 0 Å². The number of hydrogen-bond acceptors (Lipinski definition) is 5. The van der Waals surface area contributed by atoms with Gasteiger partial charge in [0.2, 0.25) is 0 Å². The highest BCUT2D eigenvalue weighted by atomic mass is 32.2. The molecule has 184 valence electrons. The molecule has 0 unspecified atom stereocenters. The third-order valence-electron chi connectivity index (χ3n) is 6.42. The number of carbonyl (C=O) groups excluding carboxylic acids is 1. The van der Waals surface area contributed by atoms with E-state index in [-0.39, 0.29) is 16.8 Å². The molecule has 2 N–H and O–H groups in total. The minimum atomic E-state index is -0.145. The summed E-state index contributed by atoms with van der Waals surface area (Å²) in [6.45, 7) is 13.4. The molecule has 2 aromatic rings. The Morgan fingerprint density at radius 1 is 1.21 bits per heavy atom. The third kappa shape index (κ3) is 6.02. The van der Waals surface area contributed by atoms with Gasteiger partial charge >= 0.3 is 6.03 Å². The zero-order chi connectivity index (χ0) is 24.3. The maximum atomic E-state index is 12.2. The van der Waals surface area contributed by atoms with Crippen molar-refractivity contribution >= 4 is 29.3 Å². The number of rotatable bonds is 7. The maximum absolute atomic E-state index is 12.2. The topological polar surface area (TPSA) is 79.4 Å². The summed E-state index contributed by atoms with van der Waals surface area (Å²) in [5.41, 5.74) is 2.74. The van der Waals surface area contributed by atoms with Crippen LogP contribution in [0.5, 0.6) is 0 Å². The SMILES string of the molecule is CC(C)[SH+]C(C)(C)c1cc(N2CCOC[C@@H]2C)nc(-c2ccc(NC(=O)NC3CCC3)cc2)n1. The van der Waals surface area contributed by atoms with E-state index in [9.17, 15) is 4.79 Å². The van der Waals surface area contributed by atoms with Crippen molar-refractivity contribution in [3.05, 3.63) is 36.0 Å². The highest BCUT2D eigenvalue weighted by Gasteiger charge is 2.34. The summed E-state index contributed by atoms with van der Waals surface area (Å²) >= 11 is 1.33. The standard InChI is InChI=1S/C26H37N5O2S/c1-17(2)34-26(4,5)22-15-23(31-13-14-33-16-18(31)3)30-24(29-22)19-9-11-21(12-10-19)28-25(32)27-20-7-6-8-20/h9-12,15,17-18,20H,6-8,13-14,16H2,1-5H3,(H2,27,28,32)/p+1/t18-/m0/s1. The Labute approximate surface area is 207 Å². The first-order valence-electron chi connectivity index (χ1n) is 12.3. The molecule has 2 aliphatic rings. The Bertz CT molecular complexity index is 991. The van der Waals surface area contributed by atoms with Crippen molar-refractivity contribution in [1.82, 2.24) is 15.3 Å². The predicted molar refractivity (Wildman–Crippen MR) is 142 cm³/mol. The predicted octanol–water partition coefficient (Wildman–Crippen LogP) is 4.50. The highest BCUT2D eigenvalue weighted by molar-refractivity contribution is 7.80. The van der Waals surface area contributed by atoms with Gasteiger partial charge in [0, 0.05) is 29.9 Å². The van der Waals surface area contributed by atoms with Crippen LogP contribution in [0.3, 0.4) is 0 Å². The first-order chi connectivity index (χ1) is 16.2. The van der Waals surface area contributed by atoms with Crippen LogP contribution < -0.4 is 15.5 Å². The molecule has 2 fully saturated rings. The lowest BCUT2D eigenvalue weighted by atomic mass is 9.93. The Balaban J connectivity index is 1.61. The number of urea groups is 1. The Kier molecular flexibility index (Phi) is 7.67. The fraction of sp³-hybridized carbons (Fsp3) is 0.577. The molecule has 0 spiro atoms. The van der Waals surface area contributed by atoms with Crippen LogP contribution in [0.15, 0.2) is 30.3 Å². The van der Waals surface area contributed by atoms with Crippen LogP contribution in [0.2, 0.25) is 0 Å². The zero-order valence-corrected chi connectivity index (χ0v) is 21.9. The van der Waals surface area contributed by atoms with Gasteiger partial charge in [0.15, 0.2) is 10.6 Å². The van der Waals surface area contributed by atoms with Crippen LogP contribution in [-0.4, -0.2) is 53.1 Å². The molecule has 1 saturated carbocycles. The molecule has 7 nitrogen and oxygen atoms in total. The molecule has 1 atom stereocenters. The van der Waals surface area contributed by atoms with E-state index in [1.807, 2.05) is 24.3 Å². The molecule has 0 bridgehead atoms. The minimum Gasteiger partial charge on any atom is -0.377 e. The molecule has 2 heterocycles. The van der Waals surface area contributed by atoms with Crippen molar-refractivity contribution in [3.8, 4) is 11.4 Å². The summed E-state index contributed by atoms with van der Waals surface area (Å²) < 4.78 is 5.55. The lowest BCUT2D eigenvalue weighted by molar-refractivity contribution is 0.0985. The molecule has 0 radical (unpaired) electrons. The second-order valence-corrected chi connectivity index (χ2v) is 12.5.